The molecule has 0 unspecified atom stereocenters. The first kappa shape index (κ1) is 37.7. The molecule has 4 aromatic heterocycles. The van der Waals surface area contributed by atoms with Crippen LogP contribution in [0.15, 0.2) is 218 Å². The molecule has 0 N–H and O–H groups in total. The maximum absolute atomic E-state index is 5.28. The molecule has 0 saturated heterocycles. The lowest BCUT2D eigenvalue weighted by molar-refractivity contribution is 1.40. The normalized spacial score (nSPS) is 12.3. The number of hydrogen-bond donors (Lipinski definition) is 0. The Morgan fingerprint density at radius 2 is 0.457 bits per heavy atom. The third-order valence-corrected chi connectivity index (χ3v) is 15.0. The van der Waals surface area contributed by atoms with Gasteiger partial charge >= 0.3 is 0 Å². The van der Waals surface area contributed by atoms with Crippen LogP contribution in [0.25, 0.3) is 164 Å². The summed E-state index contributed by atoms with van der Waals surface area (Å²) in [7, 11) is 0. The second kappa shape index (κ2) is 14.1. The zero-order valence-electron chi connectivity index (χ0n) is 37.6. The molecule has 0 spiro atoms. The number of rotatable bonds is 4. The highest BCUT2D eigenvalue weighted by Crippen LogP contribution is 2.50. The van der Waals surface area contributed by atoms with E-state index in [1.165, 1.54) is 75.4 Å². The third-order valence-electron chi connectivity index (χ3n) is 15.0. The van der Waals surface area contributed by atoms with Crippen molar-refractivity contribution in [3.8, 4) is 45.0 Å². The summed E-state index contributed by atoms with van der Waals surface area (Å²) in [5, 5.41) is 21.7. The van der Waals surface area contributed by atoms with Crippen molar-refractivity contribution >= 4 is 119 Å². The first-order valence-electron chi connectivity index (χ1n) is 23.9. The molecule has 0 aliphatic carbocycles. The summed E-state index contributed by atoms with van der Waals surface area (Å²) >= 11 is 0. The maximum Gasteiger partial charge on any atom is 0.0710 e. The summed E-state index contributed by atoms with van der Waals surface area (Å²) in [5.41, 5.74) is 12.2. The van der Waals surface area contributed by atoms with E-state index in [2.05, 4.69) is 218 Å². The van der Waals surface area contributed by atoms with Gasteiger partial charge in [-0.2, -0.15) is 0 Å². The van der Waals surface area contributed by atoms with E-state index in [1.54, 1.807) is 0 Å². The van der Waals surface area contributed by atoms with Crippen LogP contribution in [0.2, 0.25) is 0 Å². The van der Waals surface area contributed by atoms with Crippen molar-refractivity contribution in [2.24, 2.45) is 0 Å². The number of para-hydroxylation sites is 4. The third kappa shape index (κ3) is 5.47. The molecule has 320 valence electrons. The molecule has 0 fully saturated rings. The highest BCUT2D eigenvalue weighted by Gasteiger charge is 2.23. The number of pyridine rings is 4. The predicted molar refractivity (Wildman–Crippen MR) is 294 cm³/mol. The Labute approximate surface area is 400 Å². The minimum atomic E-state index is 0.955. The Kier molecular flexibility index (Phi) is 7.58. The molecule has 4 nitrogen and oxygen atoms in total. The Hall–Kier alpha value is -9.38. The van der Waals surface area contributed by atoms with Gasteiger partial charge in [0.15, 0.2) is 0 Å². The van der Waals surface area contributed by atoms with Crippen molar-refractivity contribution < 1.29 is 0 Å². The molecular formula is C66H36N4. The molecule has 4 heterocycles. The second-order valence-electron chi connectivity index (χ2n) is 18.9. The Balaban J connectivity index is 1.04. The van der Waals surface area contributed by atoms with Gasteiger partial charge in [-0.3, -0.25) is 0 Å². The van der Waals surface area contributed by atoms with E-state index >= 15 is 0 Å². The highest BCUT2D eigenvalue weighted by atomic mass is 14.7. The van der Waals surface area contributed by atoms with Crippen LogP contribution < -0.4 is 0 Å². The van der Waals surface area contributed by atoms with E-state index in [-0.39, 0.29) is 0 Å². The van der Waals surface area contributed by atoms with Gasteiger partial charge in [-0.1, -0.05) is 121 Å². The minimum absolute atomic E-state index is 0.955. The van der Waals surface area contributed by atoms with E-state index in [1.807, 2.05) is 0 Å². The molecule has 12 aromatic carbocycles. The van der Waals surface area contributed by atoms with E-state index in [0.29, 0.717) is 0 Å². The van der Waals surface area contributed by atoms with Crippen molar-refractivity contribution in [1.29, 1.82) is 0 Å². The summed E-state index contributed by atoms with van der Waals surface area (Å²) < 4.78 is 0. The lowest BCUT2D eigenvalue weighted by Crippen LogP contribution is -1.89. The number of hydrogen-bond acceptors (Lipinski definition) is 4. The van der Waals surface area contributed by atoms with Gasteiger partial charge in [0.2, 0.25) is 0 Å². The number of benzene rings is 10. The molecule has 16 rings (SSSR count). The molecule has 0 aliphatic heterocycles. The SMILES string of the molecule is c1ccc2nc(-c3ccc4c(c3)c3cc5c(cc6c7cc(-c8ccc9ccccc9n8)ccc7c7cc(-c8ccc9ccccc9n8)cc5c76)c5cc(-c6ccc7ccccc7n6)cc4c53)ccc2c1. The molecule has 0 atom stereocenters. The van der Waals surface area contributed by atoms with Gasteiger partial charge in [-0.05, 0) is 172 Å². The van der Waals surface area contributed by atoms with Crippen LogP contribution in [-0.2, 0) is 0 Å². The van der Waals surface area contributed by atoms with Crippen LogP contribution in [0.1, 0.15) is 0 Å². The second-order valence-corrected chi connectivity index (χ2v) is 18.9. The molecule has 0 aliphatic rings. The summed E-state index contributed by atoms with van der Waals surface area (Å²) in [4.78, 5) is 20.9. The fraction of sp³-hybridized carbons (Fsp3) is 0. The van der Waals surface area contributed by atoms with E-state index < -0.39 is 0 Å². The van der Waals surface area contributed by atoms with Crippen molar-refractivity contribution in [3.05, 3.63) is 218 Å². The van der Waals surface area contributed by atoms with E-state index in [0.717, 1.165) is 88.6 Å². The average Bonchev–Trinajstić information content (AvgIpc) is 3.92. The standard InChI is InChI=1S/C66H36N4/c1-5-13-57-37(9-1)19-25-61(67-57)41-17-23-45-47(29-41)55-35-49-50(53-33-43(31-51(45)65(53)55)63-27-21-39-11-3-7-15-59(39)69-63)36-56-48-30-42(62-26-20-38-10-2-6-14-58(38)68-62)18-24-46(48)52-32-44(34-54(49)66(52)56)64-28-22-40-12-4-8-16-60(40)70-64/h1-36H. The topological polar surface area (TPSA) is 51.6 Å². The molecule has 70 heavy (non-hydrogen) atoms. The summed E-state index contributed by atoms with van der Waals surface area (Å²) in [6.07, 6.45) is 0. The Morgan fingerprint density at radius 3 is 0.814 bits per heavy atom. The maximum atomic E-state index is 5.28. The Bertz CT molecular complexity index is 4590. The molecule has 4 heteroatoms. The highest BCUT2D eigenvalue weighted by molar-refractivity contribution is 6.42. The van der Waals surface area contributed by atoms with Crippen molar-refractivity contribution in [2.45, 2.75) is 0 Å². The lowest BCUT2D eigenvalue weighted by Gasteiger charge is -2.13. The molecule has 16 aromatic rings. The first-order chi connectivity index (χ1) is 34.6. The van der Waals surface area contributed by atoms with Gasteiger partial charge in [0.1, 0.15) is 0 Å². The van der Waals surface area contributed by atoms with Gasteiger partial charge in [0, 0.05) is 43.8 Å². The molecule has 0 bridgehead atoms. The summed E-state index contributed by atoms with van der Waals surface area (Å²) in [6, 6.07) is 79.2. The van der Waals surface area contributed by atoms with Crippen LogP contribution in [0, 0.1) is 0 Å². The molecule has 0 saturated carbocycles. The summed E-state index contributed by atoms with van der Waals surface area (Å²) in [5.74, 6) is 0. The Morgan fingerprint density at radius 1 is 0.186 bits per heavy atom. The number of fused-ring (bicyclic) bond motifs is 13. The fourth-order valence-corrected chi connectivity index (χ4v) is 11.7. The van der Waals surface area contributed by atoms with Crippen LogP contribution in [-0.4, -0.2) is 19.9 Å². The molecular weight excluding hydrogens is 849 g/mol. The van der Waals surface area contributed by atoms with Gasteiger partial charge in [0.25, 0.3) is 0 Å². The van der Waals surface area contributed by atoms with Crippen LogP contribution >= 0.6 is 0 Å². The largest absolute Gasteiger partial charge is 0.248 e. The summed E-state index contributed by atoms with van der Waals surface area (Å²) in [6.45, 7) is 0. The van der Waals surface area contributed by atoms with Gasteiger partial charge in [-0.25, -0.2) is 19.9 Å². The number of aromatic nitrogens is 4. The van der Waals surface area contributed by atoms with Crippen LogP contribution in [0.5, 0.6) is 0 Å². The molecule has 0 radical (unpaired) electrons. The minimum Gasteiger partial charge on any atom is -0.248 e. The lowest BCUT2D eigenvalue weighted by atomic mass is 9.90. The van der Waals surface area contributed by atoms with E-state index in [9.17, 15) is 0 Å². The van der Waals surface area contributed by atoms with Gasteiger partial charge in [-0.15, -0.1) is 0 Å². The average molecular weight is 885 g/mol. The predicted octanol–water partition coefficient (Wildman–Crippen LogP) is 17.5. The van der Waals surface area contributed by atoms with Crippen LogP contribution in [0.3, 0.4) is 0 Å². The van der Waals surface area contributed by atoms with E-state index in [4.69, 9.17) is 19.9 Å². The monoisotopic (exact) mass is 884 g/mol. The zero-order chi connectivity index (χ0) is 45.6. The fourth-order valence-electron chi connectivity index (χ4n) is 11.7. The van der Waals surface area contributed by atoms with Crippen molar-refractivity contribution in [2.75, 3.05) is 0 Å². The number of nitrogens with zero attached hydrogens (tertiary/aromatic N) is 4. The first-order valence-corrected chi connectivity index (χ1v) is 23.9. The van der Waals surface area contributed by atoms with Crippen molar-refractivity contribution in [3.63, 3.8) is 0 Å². The van der Waals surface area contributed by atoms with Gasteiger partial charge < -0.3 is 0 Å². The van der Waals surface area contributed by atoms with Crippen molar-refractivity contribution in [1.82, 2.24) is 19.9 Å². The van der Waals surface area contributed by atoms with Crippen LogP contribution in [0.4, 0.5) is 0 Å². The quantitative estimate of drug-likeness (QED) is 0.165. The molecule has 0 amide bonds. The zero-order valence-corrected chi connectivity index (χ0v) is 37.6. The smallest absolute Gasteiger partial charge is 0.0710 e. The van der Waals surface area contributed by atoms with Gasteiger partial charge in [0.05, 0.1) is 44.8 Å².